The molecule has 0 radical (unpaired) electrons. The van der Waals surface area contributed by atoms with Crippen LogP contribution in [-0.2, 0) is 6.42 Å². The molecule has 0 aliphatic rings. The molecule has 3 nitrogen and oxygen atoms in total. The van der Waals surface area contributed by atoms with Crippen LogP contribution in [0.25, 0.3) is 0 Å². The molecule has 1 rings (SSSR count). The third kappa shape index (κ3) is 4.50. The van der Waals surface area contributed by atoms with E-state index < -0.39 is 0 Å². The fraction of sp³-hybridized carbons (Fsp3) is 0.571. The molecule has 0 atom stereocenters. The lowest BCUT2D eigenvalue weighted by Crippen LogP contribution is -2.13. The van der Waals surface area contributed by atoms with E-state index in [9.17, 15) is 0 Å². The highest BCUT2D eigenvalue weighted by Gasteiger charge is 2.11. The number of hydrogen-bond acceptors (Lipinski definition) is 3. The molecule has 1 aromatic carbocycles. The summed E-state index contributed by atoms with van der Waals surface area (Å²) in [5, 5.41) is 0. The van der Waals surface area contributed by atoms with Crippen molar-refractivity contribution in [3.63, 3.8) is 0 Å². The molecule has 0 fully saturated rings. The number of rotatable bonds is 7. The van der Waals surface area contributed by atoms with E-state index in [2.05, 4.69) is 47.1 Å². The first-order valence-electron chi connectivity index (χ1n) is 6.22. The van der Waals surface area contributed by atoms with Gasteiger partial charge < -0.3 is 14.4 Å². The summed E-state index contributed by atoms with van der Waals surface area (Å²) in [5.74, 6) is 1.59. The Kier molecular flexibility index (Phi) is 6.50. The Hall–Kier alpha value is -0.740. The second-order valence-electron chi connectivity index (χ2n) is 4.45. The molecule has 0 heterocycles. The van der Waals surface area contributed by atoms with Crippen LogP contribution in [0.2, 0.25) is 0 Å². The number of nitrogens with zero attached hydrogens (tertiary/aromatic N) is 1. The van der Waals surface area contributed by atoms with E-state index in [0.29, 0.717) is 6.61 Å². The zero-order valence-corrected chi connectivity index (χ0v) is 13.2. The van der Waals surface area contributed by atoms with Crippen LogP contribution < -0.4 is 9.47 Å². The van der Waals surface area contributed by atoms with Crippen molar-refractivity contribution < 1.29 is 9.47 Å². The third-order valence-electron chi connectivity index (χ3n) is 2.65. The highest BCUT2D eigenvalue weighted by Crippen LogP contribution is 2.36. The van der Waals surface area contributed by atoms with Crippen LogP contribution in [0, 0.1) is 0 Å². The highest BCUT2D eigenvalue weighted by molar-refractivity contribution is 9.10. The number of benzene rings is 1. The maximum atomic E-state index is 5.58. The van der Waals surface area contributed by atoms with E-state index in [1.54, 1.807) is 7.11 Å². The minimum absolute atomic E-state index is 0.634. The molecule has 4 heteroatoms. The number of methoxy groups -OCH3 is 1. The summed E-state index contributed by atoms with van der Waals surface area (Å²) in [5.41, 5.74) is 1.27. The lowest BCUT2D eigenvalue weighted by molar-refractivity contribution is 0.308. The standard InChI is InChI=1S/C14H22BrNO2/c1-5-18-14-12(15)9-11(10-13(14)17-4)7-6-8-16(2)3/h9-10H,5-8H2,1-4H3. The monoisotopic (exact) mass is 315 g/mol. The van der Waals surface area contributed by atoms with E-state index in [-0.39, 0.29) is 0 Å². The van der Waals surface area contributed by atoms with Gasteiger partial charge in [-0.2, -0.15) is 0 Å². The second kappa shape index (κ2) is 7.64. The summed E-state index contributed by atoms with van der Waals surface area (Å²) in [6, 6.07) is 4.18. The van der Waals surface area contributed by atoms with Gasteiger partial charge in [0.15, 0.2) is 11.5 Å². The Morgan fingerprint density at radius 1 is 1.28 bits per heavy atom. The molecular weight excluding hydrogens is 294 g/mol. The van der Waals surface area contributed by atoms with Gasteiger partial charge in [0.05, 0.1) is 18.2 Å². The van der Waals surface area contributed by atoms with E-state index in [4.69, 9.17) is 9.47 Å². The van der Waals surface area contributed by atoms with Crippen molar-refractivity contribution in [1.82, 2.24) is 4.90 Å². The molecule has 0 N–H and O–H groups in total. The molecule has 0 spiro atoms. The Morgan fingerprint density at radius 3 is 2.56 bits per heavy atom. The van der Waals surface area contributed by atoms with Gasteiger partial charge >= 0.3 is 0 Å². The van der Waals surface area contributed by atoms with Gasteiger partial charge in [-0.1, -0.05) is 0 Å². The summed E-state index contributed by atoms with van der Waals surface area (Å²) in [4.78, 5) is 2.20. The van der Waals surface area contributed by atoms with Crippen molar-refractivity contribution in [3.8, 4) is 11.5 Å². The van der Waals surface area contributed by atoms with E-state index in [0.717, 1.165) is 35.4 Å². The van der Waals surface area contributed by atoms with E-state index in [1.807, 2.05) is 6.92 Å². The molecule has 0 aliphatic carbocycles. The lowest BCUT2D eigenvalue weighted by Gasteiger charge is -2.14. The van der Waals surface area contributed by atoms with Crippen LogP contribution in [0.3, 0.4) is 0 Å². The van der Waals surface area contributed by atoms with Crippen LogP contribution in [0.15, 0.2) is 16.6 Å². The quantitative estimate of drug-likeness (QED) is 0.770. The van der Waals surface area contributed by atoms with Crippen molar-refractivity contribution in [2.45, 2.75) is 19.8 Å². The fourth-order valence-corrected chi connectivity index (χ4v) is 2.41. The molecule has 0 saturated carbocycles. The Morgan fingerprint density at radius 2 is 2.00 bits per heavy atom. The second-order valence-corrected chi connectivity index (χ2v) is 5.30. The Bertz CT molecular complexity index is 380. The van der Waals surface area contributed by atoms with Gasteiger partial charge in [-0.25, -0.2) is 0 Å². The highest BCUT2D eigenvalue weighted by atomic mass is 79.9. The van der Waals surface area contributed by atoms with Gasteiger partial charge in [0.2, 0.25) is 0 Å². The minimum atomic E-state index is 0.634. The van der Waals surface area contributed by atoms with Crippen molar-refractivity contribution in [3.05, 3.63) is 22.2 Å². The van der Waals surface area contributed by atoms with Crippen LogP contribution in [-0.4, -0.2) is 39.3 Å². The first-order valence-corrected chi connectivity index (χ1v) is 7.01. The van der Waals surface area contributed by atoms with Crippen LogP contribution in [0.1, 0.15) is 18.9 Å². The third-order valence-corrected chi connectivity index (χ3v) is 3.24. The topological polar surface area (TPSA) is 21.7 Å². The average molecular weight is 316 g/mol. The van der Waals surface area contributed by atoms with Crippen LogP contribution in [0.4, 0.5) is 0 Å². The SMILES string of the molecule is CCOc1c(Br)cc(CCCN(C)C)cc1OC. The molecule has 102 valence electrons. The Labute approximate surface area is 118 Å². The zero-order chi connectivity index (χ0) is 13.5. The van der Waals surface area contributed by atoms with Crippen molar-refractivity contribution in [2.75, 3.05) is 34.4 Å². The normalized spacial score (nSPS) is 10.8. The minimum Gasteiger partial charge on any atom is -0.493 e. The van der Waals surface area contributed by atoms with Gasteiger partial charge in [0.1, 0.15) is 0 Å². The molecule has 0 aliphatic heterocycles. The smallest absolute Gasteiger partial charge is 0.175 e. The first-order chi connectivity index (χ1) is 8.58. The molecule has 0 aromatic heterocycles. The largest absolute Gasteiger partial charge is 0.493 e. The fourth-order valence-electron chi connectivity index (χ4n) is 1.80. The molecular formula is C14H22BrNO2. The van der Waals surface area contributed by atoms with Gasteiger partial charge in [-0.05, 0) is 74.0 Å². The molecule has 1 aromatic rings. The maximum Gasteiger partial charge on any atom is 0.175 e. The number of halogens is 1. The predicted octanol–water partition coefficient (Wildman–Crippen LogP) is 3.35. The van der Waals surface area contributed by atoms with Gasteiger partial charge in [0.25, 0.3) is 0 Å². The number of hydrogen-bond donors (Lipinski definition) is 0. The average Bonchev–Trinajstić information content (AvgIpc) is 2.31. The summed E-state index contributed by atoms with van der Waals surface area (Å²) < 4.78 is 11.9. The lowest BCUT2D eigenvalue weighted by atomic mass is 10.1. The van der Waals surface area contributed by atoms with Crippen molar-refractivity contribution in [1.29, 1.82) is 0 Å². The van der Waals surface area contributed by atoms with Crippen LogP contribution >= 0.6 is 15.9 Å². The van der Waals surface area contributed by atoms with Gasteiger partial charge in [-0.3, -0.25) is 0 Å². The van der Waals surface area contributed by atoms with Crippen molar-refractivity contribution in [2.24, 2.45) is 0 Å². The summed E-state index contributed by atoms with van der Waals surface area (Å²) in [6.07, 6.45) is 2.18. The molecule has 0 bridgehead atoms. The van der Waals surface area contributed by atoms with Crippen molar-refractivity contribution >= 4 is 15.9 Å². The van der Waals surface area contributed by atoms with Gasteiger partial charge in [-0.15, -0.1) is 0 Å². The molecule has 18 heavy (non-hydrogen) atoms. The molecule has 0 saturated heterocycles. The first kappa shape index (κ1) is 15.3. The summed E-state index contributed by atoms with van der Waals surface area (Å²) in [6.45, 7) is 3.69. The molecule has 0 amide bonds. The van der Waals surface area contributed by atoms with Gasteiger partial charge in [0, 0.05) is 0 Å². The van der Waals surface area contributed by atoms with E-state index >= 15 is 0 Å². The molecule has 0 unspecified atom stereocenters. The number of ether oxygens (including phenoxy) is 2. The zero-order valence-electron chi connectivity index (χ0n) is 11.6. The Balaban J connectivity index is 2.79. The maximum absolute atomic E-state index is 5.58. The number of aryl methyl sites for hydroxylation is 1. The van der Waals surface area contributed by atoms with E-state index in [1.165, 1.54) is 5.56 Å². The van der Waals surface area contributed by atoms with Crippen LogP contribution in [0.5, 0.6) is 11.5 Å². The summed E-state index contributed by atoms with van der Waals surface area (Å²) >= 11 is 3.55. The summed E-state index contributed by atoms with van der Waals surface area (Å²) in [7, 11) is 5.86. The predicted molar refractivity (Wildman–Crippen MR) is 78.7 cm³/mol.